The highest BCUT2D eigenvalue weighted by molar-refractivity contribution is 5.88. The molecule has 0 aliphatic rings. The van der Waals surface area contributed by atoms with Gasteiger partial charge in [0.05, 0.1) is 6.20 Å². The number of carboxylic acid groups (broad SMARTS) is 1. The van der Waals surface area contributed by atoms with E-state index in [2.05, 4.69) is 4.98 Å². The fraction of sp³-hybridized carbons (Fsp3) is 0. The van der Waals surface area contributed by atoms with Crippen LogP contribution in [0.25, 0.3) is 0 Å². The average molecular weight is 177 g/mol. The molecule has 0 aromatic carbocycles. The summed E-state index contributed by atoms with van der Waals surface area (Å²) in [6.45, 7) is 0. The van der Waals surface area contributed by atoms with Gasteiger partial charge in [0, 0.05) is 0 Å². The second-order valence-electron chi connectivity index (χ2n) is 1.89. The Balaban J connectivity index is 3.43. The van der Waals surface area contributed by atoms with Gasteiger partial charge in [0.25, 0.3) is 0 Å². The quantitative estimate of drug-likeness (QED) is 0.655. The van der Waals surface area contributed by atoms with Crippen LogP contribution in [0.15, 0.2) is 6.20 Å². The molecule has 0 radical (unpaired) electrons. The van der Waals surface area contributed by atoms with E-state index in [1.54, 1.807) is 0 Å². The van der Waals surface area contributed by atoms with Gasteiger partial charge in [-0.15, -0.1) is 0 Å². The highest BCUT2D eigenvalue weighted by atomic mass is 19.2. The summed E-state index contributed by atoms with van der Waals surface area (Å²) in [4.78, 5) is 12.8. The van der Waals surface area contributed by atoms with Gasteiger partial charge in [0.2, 0.25) is 5.95 Å². The highest BCUT2D eigenvalue weighted by Crippen LogP contribution is 2.12. The summed E-state index contributed by atoms with van der Waals surface area (Å²) < 4.78 is 37.1. The Morgan fingerprint density at radius 3 is 2.42 bits per heavy atom. The minimum absolute atomic E-state index is 0.307. The van der Waals surface area contributed by atoms with Crippen molar-refractivity contribution in [3.05, 3.63) is 29.3 Å². The van der Waals surface area contributed by atoms with Crippen LogP contribution in [-0.2, 0) is 0 Å². The number of pyridine rings is 1. The number of rotatable bonds is 1. The predicted molar refractivity (Wildman–Crippen MR) is 31.1 cm³/mol. The number of carboxylic acids is 1. The van der Waals surface area contributed by atoms with Crippen LogP contribution < -0.4 is 0 Å². The van der Waals surface area contributed by atoms with Crippen molar-refractivity contribution in [3.8, 4) is 0 Å². The molecule has 0 aliphatic heterocycles. The zero-order chi connectivity index (χ0) is 9.30. The number of carbonyl (C=O) groups is 1. The molecule has 0 bridgehead atoms. The molecule has 12 heavy (non-hydrogen) atoms. The number of aromatic carboxylic acids is 1. The van der Waals surface area contributed by atoms with Gasteiger partial charge in [-0.05, 0) is 0 Å². The molecule has 6 heteroatoms. The summed E-state index contributed by atoms with van der Waals surface area (Å²) in [5.41, 5.74) is -1.33. The Hall–Kier alpha value is -1.59. The Kier molecular flexibility index (Phi) is 1.99. The third kappa shape index (κ3) is 1.23. The van der Waals surface area contributed by atoms with E-state index in [-0.39, 0.29) is 0 Å². The first-order valence-electron chi connectivity index (χ1n) is 2.77. The average Bonchev–Trinajstić information content (AvgIpc) is 1.97. The summed E-state index contributed by atoms with van der Waals surface area (Å²) in [6, 6.07) is 0. The topological polar surface area (TPSA) is 50.2 Å². The van der Waals surface area contributed by atoms with Crippen molar-refractivity contribution in [2.45, 2.75) is 0 Å². The summed E-state index contributed by atoms with van der Waals surface area (Å²) in [7, 11) is 0. The standard InChI is InChI=1S/C6H2F3NO2/c7-2-1-10-5(9)4(8)3(2)6(11)12/h1H,(H,11,12). The minimum Gasteiger partial charge on any atom is -0.477 e. The maximum atomic E-state index is 12.5. The lowest BCUT2D eigenvalue weighted by atomic mass is 10.2. The van der Waals surface area contributed by atoms with Crippen LogP contribution in [0.2, 0.25) is 0 Å². The fourth-order valence-corrected chi connectivity index (χ4v) is 0.639. The molecular formula is C6H2F3NO2. The second kappa shape index (κ2) is 2.80. The molecule has 1 aromatic rings. The molecule has 0 unspecified atom stereocenters. The summed E-state index contributed by atoms with van der Waals surface area (Å²) in [5, 5.41) is 8.20. The second-order valence-corrected chi connectivity index (χ2v) is 1.89. The molecule has 1 rings (SSSR count). The van der Waals surface area contributed by atoms with Crippen molar-refractivity contribution in [2.24, 2.45) is 0 Å². The van der Waals surface area contributed by atoms with Crippen molar-refractivity contribution in [1.29, 1.82) is 0 Å². The van der Waals surface area contributed by atoms with Gasteiger partial charge in [0.15, 0.2) is 11.6 Å². The Morgan fingerprint density at radius 1 is 1.42 bits per heavy atom. The molecule has 0 saturated heterocycles. The number of nitrogens with zero attached hydrogens (tertiary/aromatic N) is 1. The monoisotopic (exact) mass is 177 g/mol. The lowest BCUT2D eigenvalue weighted by Gasteiger charge is -1.97. The smallest absolute Gasteiger partial charge is 0.341 e. The Labute approximate surface area is 64.5 Å². The number of hydrogen-bond donors (Lipinski definition) is 1. The molecular weight excluding hydrogens is 175 g/mol. The number of aromatic nitrogens is 1. The first kappa shape index (κ1) is 8.51. The highest BCUT2D eigenvalue weighted by Gasteiger charge is 2.20. The maximum Gasteiger partial charge on any atom is 0.341 e. The maximum absolute atomic E-state index is 12.5. The van der Waals surface area contributed by atoms with Gasteiger partial charge in [-0.2, -0.15) is 4.39 Å². The van der Waals surface area contributed by atoms with Gasteiger partial charge in [-0.25, -0.2) is 18.6 Å². The molecule has 0 aliphatic carbocycles. The zero-order valence-electron chi connectivity index (χ0n) is 5.51. The SMILES string of the molecule is O=C(O)c1c(F)cnc(F)c1F. The molecule has 1 aromatic heterocycles. The molecule has 0 fully saturated rings. The van der Waals surface area contributed by atoms with Crippen LogP contribution in [0.3, 0.4) is 0 Å². The van der Waals surface area contributed by atoms with Crippen molar-refractivity contribution >= 4 is 5.97 Å². The van der Waals surface area contributed by atoms with Gasteiger partial charge in [0.1, 0.15) is 5.56 Å². The molecule has 0 saturated carbocycles. The van der Waals surface area contributed by atoms with E-state index in [1.807, 2.05) is 0 Å². The van der Waals surface area contributed by atoms with E-state index >= 15 is 0 Å². The summed E-state index contributed by atoms with van der Waals surface area (Å²) in [5.74, 6) is -6.69. The zero-order valence-corrected chi connectivity index (χ0v) is 5.51. The molecule has 64 valence electrons. The molecule has 0 spiro atoms. The van der Waals surface area contributed by atoms with Crippen molar-refractivity contribution in [3.63, 3.8) is 0 Å². The first-order chi connectivity index (χ1) is 5.54. The van der Waals surface area contributed by atoms with E-state index in [0.717, 1.165) is 0 Å². The number of halogens is 3. The van der Waals surface area contributed by atoms with Crippen LogP contribution in [-0.4, -0.2) is 16.1 Å². The van der Waals surface area contributed by atoms with E-state index in [0.29, 0.717) is 6.20 Å². The normalized spacial score (nSPS) is 9.92. The first-order valence-corrected chi connectivity index (χ1v) is 2.77. The van der Waals surface area contributed by atoms with Crippen molar-refractivity contribution in [1.82, 2.24) is 4.98 Å². The summed E-state index contributed by atoms with van der Waals surface area (Å²) in [6.07, 6.45) is 0.307. The molecule has 3 nitrogen and oxygen atoms in total. The van der Waals surface area contributed by atoms with E-state index in [1.165, 1.54) is 0 Å². The third-order valence-electron chi connectivity index (χ3n) is 1.14. The molecule has 1 N–H and O–H groups in total. The van der Waals surface area contributed by atoms with Crippen LogP contribution in [0.5, 0.6) is 0 Å². The minimum atomic E-state index is -1.87. The molecule has 0 atom stereocenters. The van der Waals surface area contributed by atoms with Gasteiger partial charge in [-0.1, -0.05) is 0 Å². The fourth-order valence-electron chi connectivity index (χ4n) is 0.639. The van der Waals surface area contributed by atoms with Crippen molar-refractivity contribution in [2.75, 3.05) is 0 Å². The lowest BCUT2D eigenvalue weighted by Crippen LogP contribution is -2.07. The van der Waals surface area contributed by atoms with Gasteiger partial charge < -0.3 is 5.11 Å². The lowest BCUT2D eigenvalue weighted by molar-refractivity contribution is 0.0684. The van der Waals surface area contributed by atoms with E-state index in [9.17, 15) is 18.0 Å². The van der Waals surface area contributed by atoms with E-state index < -0.39 is 29.1 Å². The summed E-state index contributed by atoms with van der Waals surface area (Å²) >= 11 is 0. The number of hydrogen-bond acceptors (Lipinski definition) is 2. The largest absolute Gasteiger partial charge is 0.477 e. The van der Waals surface area contributed by atoms with Gasteiger partial charge in [-0.3, -0.25) is 0 Å². The Bertz CT molecular complexity index is 340. The van der Waals surface area contributed by atoms with E-state index in [4.69, 9.17) is 5.11 Å². The van der Waals surface area contributed by atoms with Crippen LogP contribution in [0.4, 0.5) is 13.2 Å². The molecule has 0 amide bonds. The third-order valence-corrected chi connectivity index (χ3v) is 1.14. The van der Waals surface area contributed by atoms with Crippen LogP contribution in [0.1, 0.15) is 10.4 Å². The predicted octanol–water partition coefficient (Wildman–Crippen LogP) is 1.20. The van der Waals surface area contributed by atoms with Crippen molar-refractivity contribution < 1.29 is 23.1 Å². The van der Waals surface area contributed by atoms with Crippen LogP contribution in [0, 0.1) is 17.6 Å². The van der Waals surface area contributed by atoms with Gasteiger partial charge >= 0.3 is 5.97 Å². The Morgan fingerprint density at radius 2 is 2.00 bits per heavy atom. The molecule has 1 heterocycles. The van der Waals surface area contributed by atoms with Crippen LogP contribution >= 0.6 is 0 Å².